The first kappa shape index (κ1) is 24.1. The number of guanidine groups is 1. The Morgan fingerprint density at radius 2 is 2.33 bits per heavy atom. The largest absolute Gasteiger partial charge is 0.369 e. The molecule has 9 heteroatoms. The minimum Gasteiger partial charge on any atom is -0.369 e. The van der Waals surface area contributed by atoms with Crippen molar-refractivity contribution in [3.05, 3.63) is 16.1 Å². The van der Waals surface area contributed by atoms with Crippen molar-refractivity contribution >= 4 is 47.2 Å². The molecule has 1 saturated heterocycles. The molecule has 1 unspecified atom stereocenters. The van der Waals surface area contributed by atoms with Crippen molar-refractivity contribution in [2.24, 2.45) is 16.6 Å². The van der Waals surface area contributed by atoms with Crippen LogP contribution in [0.15, 0.2) is 10.4 Å². The first-order valence-electron chi connectivity index (χ1n) is 9.41. The quantitative estimate of drug-likeness (QED) is 0.243. The molecule has 1 fully saturated rings. The molecule has 0 aromatic carbocycles. The molecule has 0 spiro atoms. The average Bonchev–Trinajstić information content (AvgIpc) is 3.02. The fourth-order valence-corrected chi connectivity index (χ4v) is 3.84. The molecule has 1 aromatic heterocycles. The summed E-state index contributed by atoms with van der Waals surface area (Å²) >= 11 is 1.67. The third-order valence-corrected chi connectivity index (χ3v) is 5.39. The third-order valence-electron chi connectivity index (χ3n) is 4.56. The maximum Gasteiger partial charge on any atom is 0.221 e. The van der Waals surface area contributed by atoms with E-state index in [0.717, 1.165) is 75.2 Å². The van der Waals surface area contributed by atoms with E-state index in [9.17, 15) is 4.79 Å². The van der Waals surface area contributed by atoms with Crippen LogP contribution in [0.25, 0.3) is 0 Å². The molecule has 1 amide bonds. The highest BCUT2D eigenvalue weighted by molar-refractivity contribution is 14.0. The highest BCUT2D eigenvalue weighted by atomic mass is 127. The molecular formula is C18H33IN6OS. The molecule has 1 aromatic rings. The van der Waals surface area contributed by atoms with E-state index in [2.05, 4.69) is 32.4 Å². The number of carbonyl (C=O) groups excluding carboxylic acids is 1. The second-order valence-electron chi connectivity index (χ2n) is 6.85. The van der Waals surface area contributed by atoms with Crippen LogP contribution >= 0.6 is 35.3 Å². The fraction of sp³-hybridized carbons (Fsp3) is 0.722. The molecule has 0 radical (unpaired) electrons. The molecule has 0 aliphatic carbocycles. The highest BCUT2D eigenvalue weighted by Gasteiger charge is 2.23. The van der Waals surface area contributed by atoms with E-state index in [0.29, 0.717) is 0 Å². The number of aryl methyl sites for hydroxylation is 1. The lowest BCUT2D eigenvalue weighted by Gasteiger charge is -2.30. The second kappa shape index (κ2) is 12.5. The first-order valence-corrected chi connectivity index (χ1v) is 10.3. The van der Waals surface area contributed by atoms with Crippen molar-refractivity contribution < 1.29 is 4.79 Å². The van der Waals surface area contributed by atoms with Crippen molar-refractivity contribution in [3.8, 4) is 0 Å². The molecule has 2 rings (SSSR count). The Kier molecular flexibility index (Phi) is 11.2. The Morgan fingerprint density at radius 1 is 1.56 bits per heavy atom. The summed E-state index contributed by atoms with van der Waals surface area (Å²) in [6.45, 7) is 9.26. The maximum absolute atomic E-state index is 11.4. The van der Waals surface area contributed by atoms with Gasteiger partial charge in [0, 0.05) is 32.1 Å². The van der Waals surface area contributed by atoms with Crippen LogP contribution in [0.4, 0.5) is 0 Å². The second-order valence-corrected chi connectivity index (χ2v) is 7.91. The normalized spacial score (nSPS) is 18.0. The van der Waals surface area contributed by atoms with Gasteiger partial charge < -0.3 is 20.9 Å². The van der Waals surface area contributed by atoms with Crippen LogP contribution in [-0.4, -0.2) is 66.4 Å². The van der Waals surface area contributed by atoms with Crippen molar-refractivity contribution in [1.29, 1.82) is 0 Å². The summed E-state index contributed by atoms with van der Waals surface area (Å²) in [7, 11) is 2.04. The van der Waals surface area contributed by atoms with Gasteiger partial charge in [0.25, 0.3) is 0 Å². The van der Waals surface area contributed by atoms with Crippen molar-refractivity contribution in [2.75, 3.05) is 39.8 Å². The maximum atomic E-state index is 11.4. The number of piperidine rings is 1. The summed E-state index contributed by atoms with van der Waals surface area (Å²) in [6.07, 6.45) is 2.95. The van der Waals surface area contributed by atoms with Gasteiger partial charge in [-0.1, -0.05) is 0 Å². The molecule has 154 valence electrons. The van der Waals surface area contributed by atoms with E-state index in [-0.39, 0.29) is 35.8 Å². The standard InChI is InChI=1S/C18H32N6OS.HI/c1-4-20-18(23(3)12-16-13-26-14(2)22-16)21-8-6-10-24-9-5-7-15(11-24)17(19)25;/h13,15H,4-12H2,1-3H3,(H2,19,25)(H,20,21);1H. The number of hydrogen-bond acceptors (Lipinski definition) is 5. The molecule has 7 nitrogen and oxygen atoms in total. The lowest BCUT2D eigenvalue weighted by atomic mass is 9.97. The smallest absolute Gasteiger partial charge is 0.221 e. The van der Waals surface area contributed by atoms with Crippen LogP contribution in [0.1, 0.15) is 36.9 Å². The Morgan fingerprint density at radius 3 is 2.96 bits per heavy atom. The number of rotatable bonds is 8. The molecule has 0 saturated carbocycles. The molecule has 2 heterocycles. The molecule has 1 aliphatic heterocycles. The van der Waals surface area contributed by atoms with E-state index >= 15 is 0 Å². The number of aliphatic imine (C=N–C) groups is 1. The molecule has 0 bridgehead atoms. The molecule has 1 aliphatic rings. The summed E-state index contributed by atoms with van der Waals surface area (Å²) in [5.74, 6) is 0.755. The van der Waals surface area contributed by atoms with Gasteiger partial charge in [-0.2, -0.15) is 0 Å². The predicted octanol–water partition coefficient (Wildman–Crippen LogP) is 2.05. The van der Waals surface area contributed by atoms with E-state index in [1.807, 2.05) is 14.0 Å². The van der Waals surface area contributed by atoms with E-state index < -0.39 is 0 Å². The Labute approximate surface area is 183 Å². The number of carbonyl (C=O) groups is 1. The van der Waals surface area contributed by atoms with Crippen molar-refractivity contribution in [1.82, 2.24) is 20.1 Å². The fourth-order valence-electron chi connectivity index (χ4n) is 3.24. The van der Waals surface area contributed by atoms with Crippen LogP contribution in [0.2, 0.25) is 0 Å². The van der Waals surface area contributed by atoms with Gasteiger partial charge in [-0.3, -0.25) is 9.79 Å². The van der Waals surface area contributed by atoms with E-state index in [1.165, 1.54) is 0 Å². The Hall–Kier alpha value is -0.940. The number of nitrogens with zero attached hydrogens (tertiary/aromatic N) is 4. The third kappa shape index (κ3) is 8.30. The number of hydrogen-bond donors (Lipinski definition) is 2. The molecule has 27 heavy (non-hydrogen) atoms. The Bertz CT molecular complexity index is 608. The number of primary amides is 1. The van der Waals surface area contributed by atoms with Gasteiger partial charge in [0.05, 0.1) is 23.2 Å². The zero-order chi connectivity index (χ0) is 18.9. The van der Waals surface area contributed by atoms with E-state index in [4.69, 9.17) is 10.7 Å². The predicted molar refractivity (Wildman–Crippen MR) is 123 cm³/mol. The van der Waals surface area contributed by atoms with Gasteiger partial charge >= 0.3 is 0 Å². The lowest BCUT2D eigenvalue weighted by Crippen LogP contribution is -2.41. The molecule has 3 N–H and O–H groups in total. The Balaban J connectivity index is 0.00000364. The van der Waals surface area contributed by atoms with Crippen LogP contribution in [0.5, 0.6) is 0 Å². The van der Waals surface area contributed by atoms with Gasteiger partial charge in [0.2, 0.25) is 5.91 Å². The molecule has 1 atom stereocenters. The van der Waals surface area contributed by atoms with E-state index in [1.54, 1.807) is 11.3 Å². The highest BCUT2D eigenvalue weighted by Crippen LogP contribution is 2.16. The van der Waals surface area contributed by atoms with Gasteiger partial charge in [0.1, 0.15) is 0 Å². The summed E-state index contributed by atoms with van der Waals surface area (Å²) in [4.78, 5) is 25.1. The summed E-state index contributed by atoms with van der Waals surface area (Å²) < 4.78 is 0. The number of aromatic nitrogens is 1. The lowest BCUT2D eigenvalue weighted by molar-refractivity contribution is -0.123. The zero-order valence-electron chi connectivity index (χ0n) is 16.6. The zero-order valence-corrected chi connectivity index (χ0v) is 19.8. The number of likely N-dealkylation sites (tertiary alicyclic amines) is 1. The first-order chi connectivity index (χ1) is 12.5. The van der Waals surface area contributed by atoms with Gasteiger partial charge in [-0.15, -0.1) is 35.3 Å². The summed E-state index contributed by atoms with van der Waals surface area (Å²) in [6, 6.07) is 0. The minimum atomic E-state index is -0.166. The van der Waals surface area contributed by atoms with Crippen LogP contribution in [-0.2, 0) is 11.3 Å². The minimum absolute atomic E-state index is 0. The number of amides is 1. The SMILES string of the molecule is CCNC(=NCCCN1CCCC(C(N)=O)C1)N(C)Cc1csc(C)n1.I. The van der Waals surface area contributed by atoms with Crippen LogP contribution < -0.4 is 11.1 Å². The number of halogens is 1. The molecular weight excluding hydrogens is 475 g/mol. The van der Waals surface area contributed by atoms with Crippen molar-refractivity contribution in [2.45, 2.75) is 39.7 Å². The van der Waals surface area contributed by atoms with Gasteiger partial charge in [0.15, 0.2) is 5.96 Å². The number of nitrogens with one attached hydrogen (secondary N) is 1. The topological polar surface area (TPSA) is 86.8 Å². The van der Waals surface area contributed by atoms with Crippen molar-refractivity contribution in [3.63, 3.8) is 0 Å². The summed E-state index contributed by atoms with van der Waals surface area (Å²) in [5, 5.41) is 6.53. The summed E-state index contributed by atoms with van der Waals surface area (Å²) in [5.41, 5.74) is 6.53. The average molecular weight is 508 g/mol. The monoisotopic (exact) mass is 508 g/mol. The number of thiazole rings is 1. The van der Waals surface area contributed by atoms with Gasteiger partial charge in [-0.05, 0) is 46.2 Å². The van der Waals surface area contributed by atoms with Crippen LogP contribution in [0, 0.1) is 12.8 Å². The number of nitrogens with two attached hydrogens (primary N) is 1. The van der Waals surface area contributed by atoms with Gasteiger partial charge in [-0.25, -0.2) is 4.98 Å². The van der Waals surface area contributed by atoms with Crippen LogP contribution in [0.3, 0.4) is 0 Å².